The Labute approximate surface area is 134 Å². The number of hydrogen-bond acceptors (Lipinski definition) is 3. The normalized spacial score (nSPS) is 15.9. The molecular formula is C19H17N3O. The Morgan fingerprint density at radius 2 is 1.83 bits per heavy atom. The molecule has 23 heavy (non-hydrogen) atoms. The topological polar surface area (TPSA) is 57.2 Å². The number of carbonyl (C=O) groups excluding carboxylic acids is 1. The van der Waals surface area contributed by atoms with Crippen LogP contribution in [-0.2, 0) is 6.42 Å². The summed E-state index contributed by atoms with van der Waals surface area (Å²) >= 11 is 0. The predicted molar refractivity (Wildman–Crippen MR) is 93.2 cm³/mol. The Kier molecular flexibility index (Phi) is 3.23. The van der Waals surface area contributed by atoms with Gasteiger partial charge in [0.2, 0.25) is 5.78 Å². The Morgan fingerprint density at radius 3 is 2.65 bits per heavy atom. The van der Waals surface area contributed by atoms with E-state index < -0.39 is 0 Å². The number of fused-ring (bicyclic) bond motifs is 3. The number of para-hydroxylation sites is 1. The van der Waals surface area contributed by atoms with Crippen LogP contribution in [-0.4, -0.2) is 16.5 Å². The third kappa shape index (κ3) is 2.42. The smallest absolute Gasteiger partial charge is 0.225 e. The lowest BCUT2D eigenvalue weighted by atomic mass is 9.93. The minimum Gasteiger partial charge on any atom is -0.352 e. The maximum Gasteiger partial charge on any atom is 0.225 e. The first-order chi connectivity index (χ1) is 11.2. The van der Waals surface area contributed by atoms with E-state index in [2.05, 4.69) is 21.6 Å². The van der Waals surface area contributed by atoms with E-state index in [1.165, 1.54) is 5.56 Å². The van der Waals surface area contributed by atoms with Gasteiger partial charge in [-0.3, -0.25) is 10.2 Å². The molecule has 0 saturated carbocycles. The summed E-state index contributed by atoms with van der Waals surface area (Å²) in [4.78, 5) is 15.9. The van der Waals surface area contributed by atoms with Gasteiger partial charge >= 0.3 is 0 Å². The van der Waals surface area contributed by atoms with Gasteiger partial charge in [-0.1, -0.05) is 35.9 Å². The van der Waals surface area contributed by atoms with Gasteiger partial charge in [-0.25, -0.2) is 0 Å². The van der Waals surface area contributed by atoms with Crippen molar-refractivity contribution in [3.63, 3.8) is 0 Å². The van der Waals surface area contributed by atoms with E-state index >= 15 is 0 Å². The van der Waals surface area contributed by atoms with E-state index in [1.54, 1.807) is 0 Å². The van der Waals surface area contributed by atoms with Crippen LogP contribution in [0.4, 0.5) is 5.69 Å². The molecule has 4 heteroatoms. The van der Waals surface area contributed by atoms with E-state index in [9.17, 15) is 4.79 Å². The Hall–Kier alpha value is -2.88. The van der Waals surface area contributed by atoms with Gasteiger partial charge in [-0.2, -0.15) is 5.10 Å². The third-order valence-electron chi connectivity index (χ3n) is 4.29. The van der Waals surface area contributed by atoms with Crippen LogP contribution in [0, 0.1) is 6.92 Å². The Morgan fingerprint density at radius 1 is 1.04 bits per heavy atom. The van der Waals surface area contributed by atoms with Crippen molar-refractivity contribution < 1.29 is 4.79 Å². The highest BCUT2D eigenvalue weighted by molar-refractivity contribution is 6.47. The fourth-order valence-corrected chi connectivity index (χ4v) is 3.02. The molecule has 0 bridgehead atoms. The quantitative estimate of drug-likeness (QED) is 0.701. The first-order valence-corrected chi connectivity index (χ1v) is 7.76. The number of aromatic nitrogens is 1. The standard InChI is InChI=1S/C19H17N3O/c1-12-6-8-13(9-7-12)21-22-17-11-10-15-14-4-2-3-5-16(14)20-18(15)19(17)23/h2-9,20-21H,10-11H2,1H3/b22-17+. The highest BCUT2D eigenvalue weighted by Gasteiger charge is 2.27. The molecule has 0 saturated heterocycles. The molecule has 4 rings (SSSR count). The van der Waals surface area contributed by atoms with Crippen LogP contribution >= 0.6 is 0 Å². The van der Waals surface area contributed by atoms with Gasteiger partial charge in [-0.05, 0) is 43.5 Å². The zero-order valence-corrected chi connectivity index (χ0v) is 12.9. The number of H-pyrrole nitrogens is 1. The molecule has 0 aliphatic heterocycles. The Bertz CT molecular complexity index is 919. The van der Waals surface area contributed by atoms with Crippen molar-refractivity contribution in [2.75, 3.05) is 5.43 Å². The molecule has 0 spiro atoms. The van der Waals surface area contributed by atoms with E-state index in [4.69, 9.17) is 0 Å². The van der Waals surface area contributed by atoms with Crippen molar-refractivity contribution in [2.45, 2.75) is 19.8 Å². The maximum absolute atomic E-state index is 12.7. The summed E-state index contributed by atoms with van der Waals surface area (Å²) in [6, 6.07) is 16.0. The number of benzene rings is 2. The van der Waals surface area contributed by atoms with Gasteiger partial charge in [0.05, 0.1) is 11.4 Å². The molecule has 0 amide bonds. The molecule has 114 valence electrons. The average molecular weight is 303 g/mol. The highest BCUT2D eigenvalue weighted by Crippen LogP contribution is 2.28. The van der Waals surface area contributed by atoms with Crippen molar-refractivity contribution in [2.24, 2.45) is 5.10 Å². The van der Waals surface area contributed by atoms with E-state index in [0.717, 1.165) is 28.6 Å². The first kappa shape index (κ1) is 13.8. The maximum atomic E-state index is 12.7. The number of rotatable bonds is 2. The van der Waals surface area contributed by atoms with Gasteiger partial charge in [-0.15, -0.1) is 0 Å². The third-order valence-corrected chi connectivity index (χ3v) is 4.29. The predicted octanol–water partition coefficient (Wildman–Crippen LogP) is 4.07. The molecule has 0 atom stereocenters. The molecule has 3 aromatic rings. The molecule has 1 aliphatic rings. The second-order valence-electron chi connectivity index (χ2n) is 5.89. The number of hydrazone groups is 1. The van der Waals surface area contributed by atoms with E-state index in [0.29, 0.717) is 17.8 Å². The number of aryl methyl sites for hydroxylation is 2. The summed E-state index contributed by atoms with van der Waals surface area (Å²) in [5.74, 6) is -0.0120. The molecule has 0 fully saturated rings. The molecule has 4 nitrogen and oxygen atoms in total. The summed E-state index contributed by atoms with van der Waals surface area (Å²) in [7, 11) is 0. The largest absolute Gasteiger partial charge is 0.352 e. The number of carbonyl (C=O) groups is 1. The fourth-order valence-electron chi connectivity index (χ4n) is 3.02. The van der Waals surface area contributed by atoms with Crippen molar-refractivity contribution in [1.82, 2.24) is 4.98 Å². The number of anilines is 1. The number of ketones is 1. The zero-order valence-electron chi connectivity index (χ0n) is 12.9. The molecule has 2 N–H and O–H groups in total. The molecule has 1 aliphatic carbocycles. The van der Waals surface area contributed by atoms with Crippen LogP contribution in [0.5, 0.6) is 0 Å². The second kappa shape index (κ2) is 5.39. The lowest BCUT2D eigenvalue weighted by Gasteiger charge is -2.13. The number of hydrogen-bond donors (Lipinski definition) is 2. The van der Waals surface area contributed by atoms with Crippen LogP contribution in [0.25, 0.3) is 10.9 Å². The summed E-state index contributed by atoms with van der Waals surface area (Å²) < 4.78 is 0. The van der Waals surface area contributed by atoms with Crippen LogP contribution in [0.1, 0.15) is 28.0 Å². The minimum absolute atomic E-state index is 0.0120. The number of nitrogens with zero attached hydrogens (tertiary/aromatic N) is 1. The van der Waals surface area contributed by atoms with Gasteiger partial charge < -0.3 is 4.98 Å². The molecule has 1 aromatic heterocycles. The fraction of sp³-hybridized carbons (Fsp3) is 0.158. The lowest BCUT2D eigenvalue weighted by Crippen LogP contribution is -2.23. The van der Waals surface area contributed by atoms with Gasteiger partial charge in [0, 0.05) is 10.9 Å². The SMILES string of the molecule is Cc1ccc(N/N=C2\CCc3c([nH]c4ccccc34)C2=O)cc1. The summed E-state index contributed by atoms with van der Waals surface area (Å²) in [5.41, 5.74) is 8.45. The van der Waals surface area contributed by atoms with Crippen LogP contribution in [0.15, 0.2) is 53.6 Å². The first-order valence-electron chi connectivity index (χ1n) is 7.76. The van der Waals surface area contributed by atoms with Gasteiger partial charge in [0.25, 0.3) is 0 Å². The van der Waals surface area contributed by atoms with Crippen molar-refractivity contribution in [3.05, 3.63) is 65.4 Å². The second-order valence-corrected chi connectivity index (χ2v) is 5.89. The Balaban J connectivity index is 1.64. The average Bonchev–Trinajstić information content (AvgIpc) is 2.95. The zero-order chi connectivity index (χ0) is 15.8. The van der Waals surface area contributed by atoms with Crippen LogP contribution < -0.4 is 5.43 Å². The van der Waals surface area contributed by atoms with Crippen LogP contribution in [0.3, 0.4) is 0 Å². The summed E-state index contributed by atoms with van der Waals surface area (Å²) in [6.45, 7) is 2.04. The van der Waals surface area contributed by atoms with Crippen LogP contribution in [0.2, 0.25) is 0 Å². The minimum atomic E-state index is -0.0120. The van der Waals surface area contributed by atoms with E-state index in [-0.39, 0.29) is 5.78 Å². The van der Waals surface area contributed by atoms with E-state index in [1.807, 2.05) is 49.4 Å². The summed E-state index contributed by atoms with van der Waals surface area (Å²) in [6.07, 6.45) is 1.49. The van der Waals surface area contributed by atoms with Crippen molar-refractivity contribution in [1.29, 1.82) is 0 Å². The molecule has 2 aromatic carbocycles. The summed E-state index contributed by atoms with van der Waals surface area (Å²) in [5, 5.41) is 5.47. The highest BCUT2D eigenvalue weighted by atomic mass is 16.1. The number of aromatic amines is 1. The molecule has 1 heterocycles. The van der Waals surface area contributed by atoms with Gasteiger partial charge in [0.15, 0.2) is 0 Å². The molecule has 0 unspecified atom stereocenters. The van der Waals surface area contributed by atoms with Crippen molar-refractivity contribution >= 4 is 28.1 Å². The van der Waals surface area contributed by atoms with Crippen molar-refractivity contribution in [3.8, 4) is 0 Å². The number of Topliss-reactive ketones (excluding diaryl/α,β-unsaturated/α-hetero) is 1. The monoisotopic (exact) mass is 303 g/mol. The van der Waals surface area contributed by atoms with Gasteiger partial charge in [0.1, 0.15) is 5.71 Å². The molecule has 0 radical (unpaired) electrons. The lowest BCUT2D eigenvalue weighted by molar-refractivity contribution is 0.105. The molecular weight excluding hydrogens is 286 g/mol. The number of nitrogens with one attached hydrogen (secondary N) is 2.